The smallest absolute Gasteiger partial charge is 0.317 e. The fourth-order valence-corrected chi connectivity index (χ4v) is 5.71. The van der Waals surface area contributed by atoms with Crippen molar-refractivity contribution in [2.45, 2.75) is 11.4 Å². The maximum atomic E-state index is 12.8. The number of anilines is 1. The number of hydrogen-bond acceptors (Lipinski definition) is 5. The van der Waals surface area contributed by atoms with E-state index < -0.39 is 0 Å². The molecule has 0 aliphatic carbocycles. The van der Waals surface area contributed by atoms with Gasteiger partial charge in [-0.2, -0.15) is 0 Å². The molecule has 5 rings (SSSR count). The Morgan fingerprint density at radius 2 is 1.81 bits per heavy atom. The zero-order valence-electron chi connectivity index (χ0n) is 17.4. The van der Waals surface area contributed by atoms with Crippen LogP contribution in [0, 0.1) is 0 Å². The Labute approximate surface area is 190 Å². The van der Waals surface area contributed by atoms with Crippen molar-refractivity contribution in [3.8, 4) is 0 Å². The average molecular weight is 449 g/mol. The largest absolute Gasteiger partial charge is 0.345 e. The van der Waals surface area contributed by atoms with Crippen LogP contribution in [0.1, 0.15) is 5.56 Å². The third kappa shape index (κ3) is 4.07. The van der Waals surface area contributed by atoms with Crippen LogP contribution in [-0.2, 0) is 6.54 Å². The topological polar surface area (TPSA) is 48.5 Å². The molecule has 1 fully saturated rings. The van der Waals surface area contributed by atoms with Crippen molar-refractivity contribution in [2.24, 2.45) is 0 Å². The molecule has 1 aliphatic heterocycles. The Balaban J connectivity index is 1.21. The molecular weight excluding hydrogens is 424 g/mol. The van der Waals surface area contributed by atoms with E-state index >= 15 is 0 Å². The Hall–Kier alpha value is -2.77. The lowest BCUT2D eigenvalue weighted by molar-refractivity contribution is 0.194. The number of amides is 2. The van der Waals surface area contributed by atoms with E-state index in [-0.39, 0.29) is 6.03 Å². The molecule has 0 atom stereocenters. The van der Waals surface area contributed by atoms with Crippen LogP contribution < -0.4 is 10.2 Å². The third-order valence-corrected chi connectivity index (χ3v) is 7.59. The first-order valence-electron chi connectivity index (χ1n) is 10.4. The molecule has 158 valence electrons. The number of nitrogens with one attached hydrogen (secondary N) is 1. The summed E-state index contributed by atoms with van der Waals surface area (Å²) in [5, 5.41) is 6.54. The van der Waals surface area contributed by atoms with Gasteiger partial charge in [-0.05, 0) is 34.7 Å². The van der Waals surface area contributed by atoms with Crippen LogP contribution >= 0.6 is 23.1 Å². The van der Waals surface area contributed by atoms with Crippen molar-refractivity contribution >= 4 is 55.3 Å². The fourth-order valence-electron chi connectivity index (χ4n) is 4.04. The number of carbonyl (C=O) groups excluding carboxylic acids is 1. The normalized spacial score (nSPS) is 14.4. The van der Waals surface area contributed by atoms with Crippen LogP contribution in [0.4, 0.5) is 9.93 Å². The number of carbonyl (C=O) groups is 1. The van der Waals surface area contributed by atoms with Gasteiger partial charge in [0.05, 0.1) is 10.2 Å². The zero-order valence-corrected chi connectivity index (χ0v) is 19.0. The van der Waals surface area contributed by atoms with E-state index in [0.29, 0.717) is 19.6 Å². The molecule has 31 heavy (non-hydrogen) atoms. The number of aromatic nitrogens is 1. The maximum absolute atomic E-state index is 12.8. The quantitative estimate of drug-likeness (QED) is 0.436. The first-order chi connectivity index (χ1) is 15.2. The molecule has 3 aromatic carbocycles. The van der Waals surface area contributed by atoms with Gasteiger partial charge in [-0.3, -0.25) is 0 Å². The van der Waals surface area contributed by atoms with Gasteiger partial charge < -0.3 is 15.1 Å². The number of thioether (sulfide) groups is 1. The number of fused-ring (bicyclic) bond motifs is 2. The first kappa shape index (κ1) is 20.2. The van der Waals surface area contributed by atoms with E-state index in [4.69, 9.17) is 4.98 Å². The minimum atomic E-state index is 0.00144. The van der Waals surface area contributed by atoms with Gasteiger partial charge in [0, 0.05) is 37.6 Å². The summed E-state index contributed by atoms with van der Waals surface area (Å²) < 4.78 is 1.22. The van der Waals surface area contributed by atoms with Gasteiger partial charge in [0.25, 0.3) is 0 Å². The van der Waals surface area contributed by atoms with E-state index in [1.54, 1.807) is 23.1 Å². The van der Waals surface area contributed by atoms with E-state index in [1.165, 1.54) is 20.4 Å². The van der Waals surface area contributed by atoms with Crippen LogP contribution in [-0.4, -0.2) is 48.3 Å². The van der Waals surface area contributed by atoms with E-state index in [0.717, 1.165) is 29.3 Å². The number of rotatable bonds is 4. The Kier molecular flexibility index (Phi) is 5.70. The molecule has 4 aromatic rings. The van der Waals surface area contributed by atoms with Crippen LogP contribution in [0.3, 0.4) is 0 Å². The van der Waals surface area contributed by atoms with Gasteiger partial charge in [0.15, 0.2) is 5.13 Å². The van der Waals surface area contributed by atoms with Crippen molar-refractivity contribution in [3.63, 3.8) is 0 Å². The van der Waals surface area contributed by atoms with Gasteiger partial charge in [0.1, 0.15) is 0 Å². The molecule has 0 spiro atoms. The number of thiazole rings is 1. The van der Waals surface area contributed by atoms with Crippen LogP contribution in [0.25, 0.3) is 21.0 Å². The monoisotopic (exact) mass is 448 g/mol. The van der Waals surface area contributed by atoms with E-state index in [9.17, 15) is 4.79 Å². The van der Waals surface area contributed by atoms with E-state index in [2.05, 4.69) is 58.9 Å². The second-order valence-corrected chi connectivity index (χ2v) is 9.43. The second-order valence-electron chi connectivity index (χ2n) is 7.57. The summed E-state index contributed by atoms with van der Waals surface area (Å²) >= 11 is 3.47. The molecule has 1 aromatic heterocycles. The van der Waals surface area contributed by atoms with Crippen molar-refractivity contribution in [1.29, 1.82) is 0 Å². The Morgan fingerprint density at radius 3 is 2.65 bits per heavy atom. The number of hydrogen-bond donors (Lipinski definition) is 1. The molecule has 0 radical (unpaired) electrons. The lowest BCUT2D eigenvalue weighted by Gasteiger charge is -2.34. The lowest BCUT2D eigenvalue weighted by atomic mass is 10.0. The molecule has 5 nitrogen and oxygen atoms in total. The predicted octanol–water partition coefficient (Wildman–Crippen LogP) is 5.20. The lowest BCUT2D eigenvalue weighted by Crippen LogP contribution is -2.51. The van der Waals surface area contributed by atoms with Crippen molar-refractivity contribution < 1.29 is 4.79 Å². The highest BCUT2D eigenvalue weighted by atomic mass is 32.2. The standard InChI is InChI=1S/C24H24N4OS2/c1-30-20-10-5-11-21-22(20)26-24(31-21)28-14-12-27(13-15-28)23(29)25-16-18-8-4-7-17-6-2-3-9-19(17)18/h2-11H,12-16H2,1H3,(H,25,29). The molecule has 7 heteroatoms. The molecule has 1 N–H and O–H groups in total. The molecule has 2 amide bonds. The summed E-state index contributed by atoms with van der Waals surface area (Å²) in [5.41, 5.74) is 2.23. The summed E-state index contributed by atoms with van der Waals surface area (Å²) in [6.07, 6.45) is 2.09. The fraction of sp³-hybridized carbons (Fsp3) is 0.250. The third-order valence-electron chi connectivity index (χ3n) is 5.74. The highest BCUT2D eigenvalue weighted by molar-refractivity contribution is 7.98. The van der Waals surface area contributed by atoms with Crippen LogP contribution in [0.15, 0.2) is 65.6 Å². The highest BCUT2D eigenvalue weighted by Gasteiger charge is 2.23. The van der Waals surface area contributed by atoms with Gasteiger partial charge in [-0.15, -0.1) is 11.8 Å². The molecule has 0 saturated carbocycles. The van der Waals surface area contributed by atoms with Crippen molar-refractivity contribution in [3.05, 3.63) is 66.2 Å². The van der Waals surface area contributed by atoms with E-state index in [1.807, 2.05) is 23.1 Å². The molecule has 0 unspecified atom stereocenters. The van der Waals surface area contributed by atoms with Crippen molar-refractivity contribution in [1.82, 2.24) is 15.2 Å². The maximum Gasteiger partial charge on any atom is 0.317 e. The highest BCUT2D eigenvalue weighted by Crippen LogP contribution is 2.34. The average Bonchev–Trinajstić information content (AvgIpc) is 3.27. The summed E-state index contributed by atoms with van der Waals surface area (Å²) in [7, 11) is 0. The first-order valence-corrected chi connectivity index (χ1v) is 12.4. The van der Waals surface area contributed by atoms with Crippen LogP contribution in [0.5, 0.6) is 0 Å². The number of benzene rings is 3. The predicted molar refractivity (Wildman–Crippen MR) is 131 cm³/mol. The minimum absolute atomic E-state index is 0.00144. The second kappa shape index (κ2) is 8.77. The number of piperazine rings is 1. The Morgan fingerprint density at radius 1 is 1.03 bits per heavy atom. The van der Waals surface area contributed by atoms with Crippen LogP contribution in [0.2, 0.25) is 0 Å². The van der Waals surface area contributed by atoms with Crippen molar-refractivity contribution in [2.75, 3.05) is 37.3 Å². The number of nitrogens with zero attached hydrogens (tertiary/aromatic N) is 3. The summed E-state index contributed by atoms with van der Waals surface area (Å²) in [6.45, 7) is 3.54. The Bertz CT molecular complexity index is 1230. The van der Waals surface area contributed by atoms with Gasteiger partial charge in [-0.1, -0.05) is 59.9 Å². The molecule has 1 aliphatic rings. The summed E-state index contributed by atoms with van der Waals surface area (Å²) in [5.74, 6) is 0. The summed E-state index contributed by atoms with van der Waals surface area (Å²) in [6, 6.07) is 20.9. The zero-order chi connectivity index (χ0) is 21.2. The van der Waals surface area contributed by atoms with Gasteiger partial charge >= 0.3 is 6.03 Å². The van der Waals surface area contributed by atoms with Gasteiger partial charge in [0.2, 0.25) is 0 Å². The number of urea groups is 1. The SMILES string of the molecule is CSc1cccc2sc(N3CCN(C(=O)NCc4cccc5ccccc45)CC3)nc12. The summed E-state index contributed by atoms with van der Waals surface area (Å²) in [4.78, 5) is 23.1. The molecule has 2 heterocycles. The van der Waals surface area contributed by atoms with Gasteiger partial charge in [-0.25, -0.2) is 9.78 Å². The number of para-hydroxylation sites is 1. The molecule has 1 saturated heterocycles. The molecule has 0 bridgehead atoms. The molecular formula is C24H24N4OS2. The minimum Gasteiger partial charge on any atom is -0.345 e.